The predicted octanol–water partition coefficient (Wildman–Crippen LogP) is 3.98. The fraction of sp³-hybridized carbons (Fsp3) is 0.190. The van der Waals surface area contributed by atoms with Crippen LogP contribution in [-0.2, 0) is 19.4 Å². The summed E-state index contributed by atoms with van der Waals surface area (Å²) in [4.78, 5) is 15.2. The molecule has 0 unspecified atom stereocenters. The van der Waals surface area contributed by atoms with Crippen molar-refractivity contribution in [3.8, 4) is 5.75 Å². The van der Waals surface area contributed by atoms with E-state index in [1.54, 1.807) is 6.07 Å². The molecule has 0 radical (unpaired) electrons. The highest BCUT2D eigenvalue weighted by molar-refractivity contribution is 7.98. The van der Waals surface area contributed by atoms with E-state index < -0.39 is 5.82 Å². The van der Waals surface area contributed by atoms with Crippen molar-refractivity contribution in [1.29, 1.82) is 0 Å². The number of nitrogens with one attached hydrogen (secondary N) is 1. The molecule has 2 heterocycles. The van der Waals surface area contributed by atoms with Crippen molar-refractivity contribution in [3.63, 3.8) is 0 Å². The molecular formula is C21H19FN4O2S. The smallest absolute Gasteiger partial charge is 0.191 e. The Labute approximate surface area is 170 Å². The molecule has 2 aromatic carbocycles. The summed E-state index contributed by atoms with van der Waals surface area (Å²) in [6, 6.07) is 13.8. The predicted molar refractivity (Wildman–Crippen MR) is 111 cm³/mol. The van der Waals surface area contributed by atoms with Gasteiger partial charge in [-0.25, -0.2) is 4.39 Å². The third kappa shape index (κ3) is 4.17. The Bertz CT molecular complexity index is 1240. The number of thioether (sulfide) groups is 1. The summed E-state index contributed by atoms with van der Waals surface area (Å²) < 4.78 is 21.6. The number of aromatic amines is 1. The van der Waals surface area contributed by atoms with Crippen LogP contribution in [0.25, 0.3) is 10.9 Å². The van der Waals surface area contributed by atoms with Gasteiger partial charge in [-0.05, 0) is 36.8 Å². The molecule has 4 rings (SSSR count). The number of hydrogen-bond acceptors (Lipinski definition) is 5. The first-order chi connectivity index (χ1) is 14.0. The van der Waals surface area contributed by atoms with Crippen LogP contribution in [0.15, 0.2) is 58.5 Å². The van der Waals surface area contributed by atoms with Crippen LogP contribution in [0, 0.1) is 12.7 Å². The molecule has 2 aromatic heterocycles. The Balaban J connectivity index is 1.46. The topological polar surface area (TPSA) is 72.8 Å². The molecule has 0 saturated heterocycles. The third-order valence-corrected chi connectivity index (χ3v) is 5.58. The van der Waals surface area contributed by atoms with E-state index in [2.05, 4.69) is 15.2 Å². The van der Waals surface area contributed by atoms with Gasteiger partial charge in [-0.2, -0.15) is 0 Å². The van der Waals surface area contributed by atoms with Crippen LogP contribution in [0.1, 0.15) is 17.1 Å². The van der Waals surface area contributed by atoms with Crippen LogP contribution in [0.3, 0.4) is 0 Å². The van der Waals surface area contributed by atoms with E-state index >= 15 is 0 Å². The second kappa shape index (κ2) is 8.08. The van der Waals surface area contributed by atoms with Crippen molar-refractivity contribution in [3.05, 3.63) is 81.7 Å². The Morgan fingerprint density at radius 2 is 2.00 bits per heavy atom. The van der Waals surface area contributed by atoms with Crippen molar-refractivity contribution in [2.45, 2.75) is 24.4 Å². The average Bonchev–Trinajstić information content (AvgIpc) is 3.05. The number of halogens is 1. The summed E-state index contributed by atoms with van der Waals surface area (Å²) >= 11 is 1.41. The first-order valence-corrected chi connectivity index (χ1v) is 10.0. The summed E-state index contributed by atoms with van der Waals surface area (Å²) in [5, 5.41) is 9.40. The van der Waals surface area contributed by atoms with Gasteiger partial charge < -0.3 is 14.3 Å². The van der Waals surface area contributed by atoms with Gasteiger partial charge in [0.1, 0.15) is 18.2 Å². The molecule has 0 bridgehead atoms. The molecule has 0 atom stereocenters. The molecule has 0 aliphatic carbocycles. The highest BCUT2D eigenvalue weighted by Crippen LogP contribution is 2.22. The van der Waals surface area contributed by atoms with Crippen LogP contribution in [-0.4, -0.2) is 19.7 Å². The van der Waals surface area contributed by atoms with E-state index in [0.717, 1.165) is 11.3 Å². The second-order valence-corrected chi connectivity index (χ2v) is 7.62. The van der Waals surface area contributed by atoms with Gasteiger partial charge in [0.25, 0.3) is 0 Å². The minimum absolute atomic E-state index is 0.209. The second-order valence-electron chi connectivity index (χ2n) is 6.67. The van der Waals surface area contributed by atoms with Gasteiger partial charge in [0.2, 0.25) is 0 Å². The van der Waals surface area contributed by atoms with Gasteiger partial charge in [-0.3, -0.25) is 4.79 Å². The maximum Gasteiger partial charge on any atom is 0.191 e. The lowest BCUT2D eigenvalue weighted by Gasteiger charge is -2.07. The van der Waals surface area contributed by atoms with E-state index in [0.29, 0.717) is 34.4 Å². The highest BCUT2D eigenvalue weighted by atomic mass is 32.2. The first-order valence-electron chi connectivity index (χ1n) is 9.02. The van der Waals surface area contributed by atoms with Crippen LogP contribution in [0.4, 0.5) is 4.39 Å². The number of nitrogens with zero attached hydrogens (tertiary/aromatic N) is 3. The maximum atomic E-state index is 14.0. The number of hydrogen-bond donors (Lipinski definition) is 1. The summed E-state index contributed by atoms with van der Waals surface area (Å²) in [5.74, 6) is 1.45. The quantitative estimate of drug-likeness (QED) is 0.487. The summed E-state index contributed by atoms with van der Waals surface area (Å²) in [5.41, 5.74) is 1.76. The molecule has 4 aromatic rings. The number of fused-ring (bicyclic) bond motifs is 1. The van der Waals surface area contributed by atoms with Gasteiger partial charge >= 0.3 is 0 Å². The lowest BCUT2D eigenvalue weighted by molar-refractivity contribution is 0.290. The van der Waals surface area contributed by atoms with E-state index in [1.165, 1.54) is 30.0 Å². The first kappa shape index (κ1) is 19.2. The number of pyridine rings is 1. The highest BCUT2D eigenvalue weighted by Gasteiger charge is 2.12. The Kier molecular flexibility index (Phi) is 5.35. The number of aromatic nitrogens is 4. The maximum absolute atomic E-state index is 14.0. The van der Waals surface area contributed by atoms with Gasteiger partial charge in [-0.1, -0.05) is 30.0 Å². The Morgan fingerprint density at radius 1 is 1.17 bits per heavy atom. The molecule has 0 aliphatic rings. The van der Waals surface area contributed by atoms with Crippen molar-refractivity contribution in [1.82, 2.24) is 19.7 Å². The number of benzene rings is 2. The zero-order chi connectivity index (χ0) is 20.4. The van der Waals surface area contributed by atoms with Crippen molar-refractivity contribution < 1.29 is 9.13 Å². The average molecular weight is 410 g/mol. The van der Waals surface area contributed by atoms with Crippen LogP contribution in [0.2, 0.25) is 0 Å². The largest absolute Gasteiger partial charge is 0.486 e. The monoisotopic (exact) mass is 410 g/mol. The SMILES string of the molecule is Cc1cccc(OCc2nnc(SCc3cc(=O)c4cccc(F)c4[nH]3)n2C)c1. The molecule has 0 amide bonds. The van der Waals surface area contributed by atoms with Gasteiger partial charge in [0.05, 0.1) is 5.52 Å². The van der Waals surface area contributed by atoms with Crippen molar-refractivity contribution in [2.24, 2.45) is 7.05 Å². The van der Waals surface area contributed by atoms with E-state index in [4.69, 9.17) is 4.74 Å². The normalized spacial score (nSPS) is 11.1. The van der Waals surface area contributed by atoms with Crippen LogP contribution >= 0.6 is 11.8 Å². The molecule has 29 heavy (non-hydrogen) atoms. The zero-order valence-electron chi connectivity index (χ0n) is 16.0. The minimum Gasteiger partial charge on any atom is -0.486 e. The molecule has 1 N–H and O–H groups in total. The van der Waals surface area contributed by atoms with E-state index in [1.807, 2.05) is 42.8 Å². The molecule has 148 valence electrons. The van der Waals surface area contributed by atoms with Gasteiger partial charge in [-0.15, -0.1) is 10.2 Å². The third-order valence-electron chi connectivity index (χ3n) is 4.51. The Hall–Kier alpha value is -3.13. The van der Waals surface area contributed by atoms with Crippen LogP contribution in [0.5, 0.6) is 5.75 Å². The molecule has 0 saturated carbocycles. The number of ether oxygens (including phenoxy) is 1. The molecule has 6 nitrogen and oxygen atoms in total. The number of rotatable bonds is 6. The molecule has 8 heteroatoms. The standard InChI is InChI=1S/C21H19FN4O2S/c1-13-5-3-6-15(9-13)28-11-19-24-25-21(26(19)2)29-12-14-10-18(27)16-7-4-8-17(22)20(16)23-14/h3-10H,11-12H2,1-2H3,(H,23,27). The number of para-hydroxylation sites is 1. The minimum atomic E-state index is -0.444. The van der Waals surface area contributed by atoms with Gasteiger partial charge in [0, 0.05) is 29.9 Å². The molecule has 0 aliphatic heterocycles. The van der Waals surface area contributed by atoms with E-state index in [-0.39, 0.29) is 10.9 Å². The lowest BCUT2D eigenvalue weighted by atomic mass is 10.2. The zero-order valence-corrected chi connectivity index (χ0v) is 16.8. The number of H-pyrrole nitrogens is 1. The molecule has 0 fully saturated rings. The summed E-state index contributed by atoms with van der Waals surface area (Å²) in [7, 11) is 1.86. The lowest BCUT2D eigenvalue weighted by Crippen LogP contribution is -2.06. The molecule has 0 spiro atoms. The summed E-state index contributed by atoms with van der Waals surface area (Å²) in [6.45, 7) is 2.30. The summed E-state index contributed by atoms with van der Waals surface area (Å²) in [6.07, 6.45) is 0. The molecular weight excluding hydrogens is 391 g/mol. The van der Waals surface area contributed by atoms with E-state index in [9.17, 15) is 9.18 Å². The van der Waals surface area contributed by atoms with Crippen molar-refractivity contribution >= 4 is 22.7 Å². The van der Waals surface area contributed by atoms with Crippen LogP contribution < -0.4 is 10.2 Å². The number of aryl methyl sites for hydroxylation is 1. The Morgan fingerprint density at radius 3 is 2.83 bits per heavy atom. The van der Waals surface area contributed by atoms with Gasteiger partial charge in [0.15, 0.2) is 16.4 Å². The fourth-order valence-corrected chi connectivity index (χ4v) is 3.80. The van der Waals surface area contributed by atoms with Crippen molar-refractivity contribution in [2.75, 3.05) is 0 Å². The fourth-order valence-electron chi connectivity index (χ4n) is 2.96.